The Balaban J connectivity index is 1.75. The molecule has 0 saturated heterocycles. The molecule has 2 aromatic rings. The highest BCUT2D eigenvalue weighted by atomic mass is 16.1. The van der Waals surface area contributed by atoms with Gasteiger partial charge in [0.05, 0.1) is 0 Å². The van der Waals surface area contributed by atoms with Gasteiger partial charge >= 0.3 is 0 Å². The van der Waals surface area contributed by atoms with Crippen molar-refractivity contribution in [2.24, 2.45) is 4.99 Å². The standard InChI is InChI=1S/C24H35N5O/c1-5-26-23(30)22-13-9-12-21(16-22)17-28-24(25-3)27-15-14-19(2)29(4)18-20-10-7-6-8-11-20/h6-13,16,19H,5,14-15,17-18H2,1-4H3,(H,26,30)(H2,25,27,28). The second-order valence-corrected chi connectivity index (χ2v) is 7.45. The highest BCUT2D eigenvalue weighted by Gasteiger charge is 2.10. The molecule has 0 aromatic heterocycles. The number of aliphatic imine (C=N–C) groups is 1. The van der Waals surface area contributed by atoms with Crippen LogP contribution in [0.4, 0.5) is 0 Å². The number of rotatable bonds is 10. The Hall–Kier alpha value is -2.86. The van der Waals surface area contributed by atoms with Gasteiger partial charge in [0.2, 0.25) is 0 Å². The summed E-state index contributed by atoms with van der Waals surface area (Å²) in [5.74, 6) is 0.715. The van der Waals surface area contributed by atoms with E-state index in [4.69, 9.17) is 0 Å². The predicted molar refractivity (Wildman–Crippen MR) is 125 cm³/mol. The average molecular weight is 410 g/mol. The maximum atomic E-state index is 12.0. The molecule has 1 atom stereocenters. The molecular formula is C24H35N5O. The van der Waals surface area contributed by atoms with Crippen molar-refractivity contribution in [3.05, 3.63) is 71.3 Å². The van der Waals surface area contributed by atoms with Crippen LogP contribution in [-0.2, 0) is 13.1 Å². The monoisotopic (exact) mass is 409 g/mol. The molecule has 0 heterocycles. The van der Waals surface area contributed by atoms with E-state index >= 15 is 0 Å². The normalized spacial score (nSPS) is 12.5. The summed E-state index contributed by atoms with van der Waals surface area (Å²) in [7, 11) is 3.93. The summed E-state index contributed by atoms with van der Waals surface area (Å²) >= 11 is 0. The Morgan fingerprint density at radius 2 is 1.77 bits per heavy atom. The first-order valence-electron chi connectivity index (χ1n) is 10.6. The molecular weight excluding hydrogens is 374 g/mol. The lowest BCUT2D eigenvalue weighted by molar-refractivity contribution is 0.0955. The van der Waals surface area contributed by atoms with Crippen molar-refractivity contribution in [2.45, 2.75) is 39.4 Å². The number of guanidine groups is 1. The minimum Gasteiger partial charge on any atom is -0.356 e. The number of carbonyl (C=O) groups excluding carboxylic acids is 1. The van der Waals surface area contributed by atoms with E-state index in [0.717, 1.165) is 31.0 Å². The summed E-state index contributed by atoms with van der Waals surface area (Å²) in [5, 5.41) is 9.53. The number of hydrogen-bond donors (Lipinski definition) is 3. The number of nitrogens with one attached hydrogen (secondary N) is 3. The summed E-state index contributed by atoms with van der Waals surface area (Å²) in [6, 6.07) is 18.6. The molecule has 0 fully saturated rings. The average Bonchev–Trinajstić information content (AvgIpc) is 2.77. The van der Waals surface area contributed by atoms with Crippen LogP contribution in [0.15, 0.2) is 59.6 Å². The fraction of sp³-hybridized carbons (Fsp3) is 0.417. The summed E-state index contributed by atoms with van der Waals surface area (Å²) in [6.45, 7) is 7.16. The molecule has 3 N–H and O–H groups in total. The molecule has 0 aliphatic heterocycles. The maximum Gasteiger partial charge on any atom is 0.251 e. The number of hydrogen-bond acceptors (Lipinski definition) is 3. The molecule has 1 unspecified atom stereocenters. The third-order valence-corrected chi connectivity index (χ3v) is 5.09. The fourth-order valence-corrected chi connectivity index (χ4v) is 3.14. The van der Waals surface area contributed by atoms with E-state index in [9.17, 15) is 4.79 Å². The van der Waals surface area contributed by atoms with Crippen molar-refractivity contribution in [3.8, 4) is 0 Å². The van der Waals surface area contributed by atoms with Crippen LogP contribution in [0.3, 0.4) is 0 Å². The van der Waals surface area contributed by atoms with Crippen LogP contribution in [0, 0.1) is 0 Å². The lowest BCUT2D eigenvalue weighted by Crippen LogP contribution is -2.39. The molecule has 0 radical (unpaired) electrons. The Morgan fingerprint density at radius 3 is 2.47 bits per heavy atom. The number of amides is 1. The van der Waals surface area contributed by atoms with E-state index in [1.165, 1.54) is 5.56 Å². The van der Waals surface area contributed by atoms with Crippen LogP contribution in [0.5, 0.6) is 0 Å². The summed E-state index contributed by atoms with van der Waals surface area (Å²) < 4.78 is 0. The second kappa shape index (κ2) is 12.6. The van der Waals surface area contributed by atoms with Gasteiger partial charge in [-0.2, -0.15) is 0 Å². The minimum absolute atomic E-state index is 0.0459. The smallest absolute Gasteiger partial charge is 0.251 e. The van der Waals surface area contributed by atoms with Crippen LogP contribution in [0.25, 0.3) is 0 Å². The predicted octanol–water partition coefficient (Wildman–Crippen LogP) is 3.01. The van der Waals surface area contributed by atoms with Crippen molar-refractivity contribution in [3.63, 3.8) is 0 Å². The Labute approximate surface area is 180 Å². The zero-order chi connectivity index (χ0) is 21.8. The number of benzene rings is 2. The number of nitrogens with zero attached hydrogens (tertiary/aromatic N) is 2. The molecule has 1 amide bonds. The second-order valence-electron chi connectivity index (χ2n) is 7.45. The summed E-state index contributed by atoms with van der Waals surface area (Å²) in [5.41, 5.74) is 3.04. The lowest BCUT2D eigenvalue weighted by Gasteiger charge is -2.25. The third-order valence-electron chi connectivity index (χ3n) is 5.09. The Kier molecular flexibility index (Phi) is 9.87. The van der Waals surface area contributed by atoms with E-state index in [0.29, 0.717) is 24.7 Å². The van der Waals surface area contributed by atoms with Gasteiger partial charge < -0.3 is 16.0 Å². The van der Waals surface area contributed by atoms with Gasteiger partial charge in [0.15, 0.2) is 5.96 Å². The van der Waals surface area contributed by atoms with Crippen molar-refractivity contribution in [1.82, 2.24) is 20.9 Å². The van der Waals surface area contributed by atoms with Gasteiger partial charge in [-0.1, -0.05) is 42.5 Å². The molecule has 6 nitrogen and oxygen atoms in total. The quantitative estimate of drug-likeness (QED) is 0.417. The van der Waals surface area contributed by atoms with Crippen LogP contribution in [0.1, 0.15) is 41.8 Å². The van der Waals surface area contributed by atoms with Gasteiger partial charge in [0.1, 0.15) is 0 Å². The van der Waals surface area contributed by atoms with E-state index in [1.807, 2.05) is 37.3 Å². The van der Waals surface area contributed by atoms with Crippen molar-refractivity contribution in [2.75, 3.05) is 27.2 Å². The number of carbonyl (C=O) groups is 1. The first-order chi connectivity index (χ1) is 14.5. The molecule has 6 heteroatoms. The topological polar surface area (TPSA) is 68.8 Å². The van der Waals surface area contributed by atoms with Crippen LogP contribution >= 0.6 is 0 Å². The van der Waals surface area contributed by atoms with E-state index in [1.54, 1.807) is 7.05 Å². The van der Waals surface area contributed by atoms with Gasteiger partial charge in [-0.25, -0.2) is 0 Å². The van der Waals surface area contributed by atoms with Gasteiger partial charge in [-0.15, -0.1) is 0 Å². The van der Waals surface area contributed by atoms with Crippen molar-refractivity contribution >= 4 is 11.9 Å². The molecule has 0 spiro atoms. The molecule has 0 aliphatic carbocycles. The fourth-order valence-electron chi connectivity index (χ4n) is 3.14. The summed E-state index contributed by atoms with van der Waals surface area (Å²) in [6.07, 6.45) is 1.01. The molecule has 0 bridgehead atoms. The van der Waals surface area contributed by atoms with E-state index in [2.05, 4.69) is 64.1 Å². The highest BCUT2D eigenvalue weighted by molar-refractivity contribution is 5.94. The van der Waals surface area contributed by atoms with Crippen molar-refractivity contribution < 1.29 is 4.79 Å². The molecule has 162 valence electrons. The van der Waals surface area contributed by atoms with E-state index < -0.39 is 0 Å². The summed E-state index contributed by atoms with van der Waals surface area (Å²) in [4.78, 5) is 18.7. The van der Waals surface area contributed by atoms with Crippen LogP contribution in [-0.4, -0.2) is 50.0 Å². The maximum absolute atomic E-state index is 12.0. The van der Waals surface area contributed by atoms with E-state index in [-0.39, 0.29) is 5.91 Å². The Morgan fingerprint density at radius 1 is 1.03 bits per heavy atom. The first-order valence-corrected chi connectivity index (χ1v) is 10.6. The first kappa shape index (κ1) is 23.4. The minimum atomic E-state index is -0.0459. The zero-order valence-corrected chi connectivity index (χ0v) is 18.6. The zero-order valence-electron chi connectivity index (χ0n) is 18.6. The molecule has 30 heavy (non-hydrogen) atoms. The highest BCUT2D eigenvalue weighted by Crippen LogP contribution is 2.08. The molecule has 2 aromatic carbocycles. The molecule has 0 aliphatic rings. The molecule has 0 saturated carbocycles. The van der Waals surface area contributed by atoms with Gasteiger partial charge in [-0.05, 0) is 50.6 Å². The SMILES string of the molecule is CCNC(=O)c1cccc(CNC(=NC)NCCC(C)N(C)Cc2ccccc2)c1. The van der Waals surface area contributed by atoms with Crippen LogP contribution < -0.4 is 16.0 Å². The lowest BCUT2D eigenvalue weighted by atomic mass is 10.1. The Bertz CT molecular complexity index is 806. The van der Waals surface area contributed by atoms with Gasteiger partial charge in [-0.3, -0.25) is 14.7 Å². The third kappa shape index (κ3) is 7.87. The van der Waals surface area contributed by atoms with Gasteiger partial charge in [0, 0.05) is 44.8 Å². The van der Waals surface area contributed by atoms with Gasteiger partial charge in [0.25, 0.3) is 5.91 Å². The largest absolute Gasteiger partial charge is 0.356 e. The molecule has 2 rings (SSSR count). The van der Waals surface area contributed by atoms with Crippen molar-refractivity contribution in [1.29, 1.82) is 0 Å². The van der Waals surface area contributed by atoms with Crippen LogP contribution in [0.2, 0.25) is 0 Å².